The van der Waals surface area contributed by atoms with Crippen LogP contribution in [0.2, 0.25) is 0 Å². The first-order chi connectivity index (χ1) is 11.5. The smallest absolute Gasteiger partial charge is 0.370 e. The van der Waals surface area contributed by atoms with Gasteiger partial charge in [-0.15, -0.1) is 0 Å². The fourth-order valence-electron chi connectivity index (χ4n) is 2.71. The van der Waals surface area contributed by atoms with E-state index in [1.807, 2.05) is 12.2 Å². The van der Waals surface area contributed by atoms with E-state index in [4.69, 9.17) is 0 Å². The number of halogens is 3. The van der Waals surface area contributed by atoms with Crippen LogP contribution in [-0.2, 0) is 6.18 Å². The summed E-state index contributed by atoms with van der Waals surface area (Å²) in [5.74, 6) is 2.35. The van der Waals surface area contributed by atoms with Gasteiger partial charge in [0, 0.05) is 18.3 Å². The Bertz CT molecular complexity index is 744. The molecule has 3 aliphatic rings. The van der Waals surface area contributed by atoms with Crippen LogP contribution in [0.4, 0.5) is 13.2 Å². The van der Waals surface area contributed by atoms with Crippen LogP contribution in [0.3, 0.4) is 0 Å². The minimum absolute atomic E-state index is 0.497. The molecule has 126 valence electrons. The molecule has 0 saturated heterocycles. The molecule has 7 heteroatoms. The lowest BCUT2D eigenvalue weighted by Gasteiger charge is -2.29. The van der Waals surface area contributed by atoms with Crippen LogP contribution in [0.1, 0.15) is 24.0 Å². The number of hydrogen-bond acceptors (Lipinski definition) is 4. The molecule has 3 N–H and O–H groups in total. The minimum atomic E-state index is -4.35. The quantitative estimate of drug-likeness (QED) is 0.791. The Kier molecular flexibility index (Phi) is 3.44. The maximum atomic E-state index is 12.9. The third-order valence-corrected chi connectivity index (χ3v) is 4.24. The number of hydrazine groups is 1. The molecule has 2 heterocycles. The molecule has 0 bridgehead atoms. The van der Waals surface area contributed by atoms with Crippen molar-refractivity contribution in [3.8, 4) is 0 Å². The summed E-state index contributed by atoms with van der Waals surface area (Å²) in [7, 11) is 0. The van der Waals surface area contributed by atoms with Gasteiger partial charge in [-0.3, -0.25) is 5.43 Å². The van der Waals surface area contributed by atoms with Crippen molar-refractivity contribution in [3.05, 3.63) is 65.4 Å². The first kappa shape index (κ1) is 15.0. The zero-order valence-electron chi connectivity index (χ0n) is 12.8. The van der Waals surface area contributed by atoms with E-state index in [-0.39, 0.29) is 0 Å². The normalized spacial score (nSPS) is 19.6. The number of rotatable bonds is 4. The van der Waals surface area contributed by atoms with Gasteiger partial charge in [-0.2, -0.15) is 13.2 Å². The SMILES string of the molecule is FC(F)(F)c1cccc(C2=CNC3=CC=C(NCC4CC4)NN32)c1. The van der Waals surface area contributed by atoms with Crippen molar-refractivity contribution in [2.45, 2.75) is 19.0 Å². The van der Waals surface area contributed by atoms with E-state index in [1.54, 1.807) is 17.3 Å². The number of alkyl halides is 3. The van der Waals surface area contributed by atoms with E-state index in [1.165, 1.54) is 18.9 Å². The van der Waals surface area contributed by atoms with Gasteiger partial charge in [0.2, 0.25) is 0 Å². The average molecular weight is 334 g/mol. The molecule has 0 radical (unpaired) electrons. The van der Waals surface area contributed by atoms with E-state index in [0.717, 1.165) is 36.2 Å². The second-order valence-electron chi connectivity index (χ2n) is 6.16. The predicted octanol–water partition coefficient (Wildman–Crippen LogP) is 3.11. The number of benzene rings is 1. The summed E-state index contributed by atoms with van der Waals surface area (Å²) < 4.78 is 38.8. The average Bonchev–Trinajstić information content (AvgIpc) is 3.30. The van der Waals surface area contributed by atoms with Crippen LogP contribution in [0.15, 0.2) is 54.3 Å². The molecule has 1 aromatic carbocycles. The van der Waals surface area contributed by atoms with Crippen LogP contribution in [-0.4, -0.2) is 11.6 Å². The van der Waals surface area contributed by atoms with Crippen LogP contribution < -0.4 is 16.1 Å². The van der Waals surface area contributed by atoms with Crippen molar-refractivity contribution >= 4 is 5.70 Å². The monoisotopic (exact) mass is 334 g/mol. The van der Waals surface area contributed by atoms with Crippen molar-refractivity contribution in [3.63, 3.8) is 0 Å². The summed E-state index contributed by atoms with van der Waals surface area (Å²) in [6, 6.07) is 5.33. The molecule has 0 aromatic heterocycles. The van der Waals surface area contributed by atoms with Gasteiger partial charge in [-0.05, 0) is 43.0 Å². The molecule has 4 nitrogen and oxygen atoms in total. The van der Waals surface area contributed by atoms with Crippen molar-refractivity contribution in [1.82, 2.24) is 21.1 Å². The second kappa shape index (κ2) is 5.51. The first-order valence-corrected chi connectivity index (χ1v) is 7.88. The highest BCUT2D eigenvalue weighted by Crippen LogP contribution is 2.33. The number of allylic oxidation sites excluding steroid dienone is 2. The van der Waals surface area contributed by atoms with Gasteiger partial charge < -0.3 is 10.6 Å². The van der Waals surface area contributed by atoms with E-state index in [0.29, 0.717) is 11.3 Å². The Balaban J connectivity index is 1.53. The molecular weight excluding hydrogens is 317 g/mol. The Morgan fingerprint density at radius 2 is 2.04 bits per heavy atom. The highest BCUT2D eigenvalue weighted by molar-refractivity contribution is 5.69. The van der Waals surface area contributed by atoms with Crippen molar-refractivity contribution in [2.75, 3.05) is 6.54 Å². The van der Waals surface area contributed by atoms with Crippen LogP contribution in [0.5, 0.6) is 0 Å². The summed E-state index contributed by atoms with van der Waals surface area (Å²) in [4.78, 5) is 0. The second-order valence-corrected chi connectivity index (χ2v) is 6.16. The summed E-state index contributed by atoms with van der Waals surface area (Å²) >= 11 is 0. The van der Waals surface area contributed by atoms with Gasteiger partial charge in [-0.1, -0.05) is 12.1 Å². The molecule has 2 aliphatic heterocycles. The van der Waals surface area contributed by atoms with Gasteiger partial charge in [-0.25, -0.2) is 5.01 Å². The largest absolute Gasteiger partial charge is 0.416 e. The lowest BCUT2D eigenvalue weighted by molar-refractivity contribution is -0.137. The Morgan fingerprint density at radius 3 is 2.79 bits per heavy atom. The van der Waals surface area contributed by atoms with Gasteiger partial charge in [0.15, 0.2) is 0 Å². The van der Waals surface area contributed by atoms with Crippen LogP contribution in [0, 0.1) is 5.92 Å². The zero-order valence-corrected chi connectivity index (χ0v) is 12.8. The molecule has 1 aliphatic carbocycles. The summed E-state index contributed by atoms with van der Waals surface area (Å²) in [5, 5.41) is 8.16. The van der Waals surface area contributed by atoms with Crippen molar-refractivity contribution in [1.29, 1.82) is 0 Å². The van der Waals surface area contributed by atoms with Gasteiger partial charge in [0.1, 0.15) is 11.6 Å². The zero-order chi connectivity index (χ0) is 16.7. The predicted molar refractivity (Wildman–Crippen MR) is 84.4 cm³/mol. The lowest BCUT2D eigenvalue weighted by Crippen LogP contribution is -2.41. The van der Waals surface area contributed by atoms with Crippen LogP contribution in [0.25, 0.3) is 5.70 Å². The molecule has 1 saturated carbocycles. The fourth-order valence-corrected chi connectivity index (χ4v) is 2.71. The Morgan fingerprint density at radius 1 is 1.21 bits per heavy atom. The number of fused-ring (bicyclic) bond motifs is 1. The maximum absolute atomic E-state index is 12.9. The fraction of sp³-hybridized carbons (Fsp3) is 0.294. The van der Waals surface area contributed by atoms with E-state index < -0.39 is 11.7 Å². The molecule has 1 aromatic rings. The summed E-state index contributed by atoms with van der Waals surface area (Å²) in [6.45, 7) is 0.909. The number of nitrogens with one attached hydrogen (secondary N) is 3. The Hall–Kier alpha value is -2.57. The highest BCUT2D eigenvalue weighted by Gasteiger charge is 2.32. The molecule has 24 heavy (non-hydrogen) atoms. The highest BCUT2D eigenvalue weighted by atomic mass is 19.4. The van der Waals surface area contributed by atoms with E-state index in [9.17, 15) is 13.2 Å². The van der Waals surface area contributed by atoms with E-state index >= 15 is 0 Å². The summed E-state index contributed by atoms with van der Waals surface area (Å²) in [6.07, 6.45) is 3.66. The van der Waals surface area contributed by atoms with Gasteiger partial charge >= 0.3 is 6.18 Å². The lowest BCUT2D eigenvalue weighted by atomic mass is 10.1. The maximum Gasteiger partial charge on any atom is 0.416 e. The third kappa shape index (κ3) is 2.93. The topological polar surface area (TPSA) is 39.3 Å². The minimum Gasteiger partial charge on any atom is -0.370 e. The van der Waals surface area contributed by atoms with Crippen molar-refractivity contribution in [2.24, 2.45) is 5.92 Å². The van der Waals surface area contributed by atoms with E-state index in [2.05, 4.69) is 16.1 Å². The number of hydrogen-bond donors (Lipinski definition) is 3. The van der Waals surface area contributed by atoms with Gasteiger partial charge in [0.05, 0.1) is 11.3 Å². The van der Waals surface area contributed by atoms with Crippen LogP contribution >= 0.6 is 0 Å². The molecule has 0 amide bonds. The molecule has 1 fully saturated rings. The third-order valence-electron chi connectivity index (χ3n) is 4.24. The molecule has 0 unspecified atom stereocenters. The standard InChI is InChI=1S/C17H17F3N4/c18-17(19,20)13-3-1-2-12(8-13)14-10-22-16-7-6-15(23-24(14)16)21-9-11-4-5-11/h1-3,6-8,10-11,21-23H,4-5,9H2. The molecular formula is C17H17F3N4. The van der Waals surface area contributed by atoms with Gasteiger partial charge in [0.25, 0.3) is 0 Å². The molecule has 4 rings (SSSR count). The van der Waals surface area contributed by atoms with Crippen molar-refractivity contribution < 1.29 is 13.2 Å². The molecule has 0 atom stereocenters. The first-order valence-electron chi connectivity index (χ1n) is 7.88. The Labute approximate surface area is 137 Å². The molecule has 0 spiro atoms. The summed E-state index contributed by atoms with van der Waals surface area (Å²) in [5.41, 5.74) is 3.70. The number of nitrogens with zero attached hydrogens (tertiary/aromatic N) is 1.